The summed E-state index contributed by atoms with van der Waals surface area (Å²) in [5, 5.41) is 3.71. The molecule has 19 heavy (non-hydrogen) atoms. The molecule has 0 bridgehead atoms. The van der Waals surface area contributed by atoms with Crippen LogP contribution in [0.5, 0.6) is 5.75 Å². The highest BCUT2D eigenvalue weighted by Gasteiger charge is 2.28. The van der Waals surface area contributed by atoms with E-state index in [9.17, 15) is 0 Å². The molecule has 1 saturated heterocycles. The van der Waals surface area contributed by atoms with E-state index in [2.05, 4.69) is 43.2 Å². The fraction of sp³-hybridized carbons (Fsp3) is 0.625. The Labute approximate surface area is 116 Å². The quantitative estimate of drug-likeness (QED) is 0.902. The zero-order valence-corrected chi connectivity index (χ0v) is 12.5. The first-order valence-electron chi connectivity index (χ1n) is 7.16. The van der Waals surface area contributed by atoms with Gasteiger partial charge in [-0.1, -0.05) is 19.1 Å². The van der Waals surface area contributed by atoms with Crippen LogP contribution in [0.25, 0.3) is 0 Å². The SMILES string of the molecule is COc1ccc(CN[C@H]2C[C@@H](C)N(C)C[C@@H]2C)cc1. The standard InChI is InChI=1S/C16H26N2O/c1-12-11-18(3)13(2)9-16(12)17-10-14-5-7-15(19-4)8-6-14/h5-8,12-13,16-17H,9-11H2,1-4H3/t12-,13+,16-/m0/s1. The Morgan fingerprint density at radius 3 is 2.58 bits per heavy atom. The summed E-state index contributed by atoms with van der Waals surface area (Å²) < 4.78 is 5.18. The average Bonchev–Trinajstić information content (AvgIpc) is 2.42. The molecule has 0 saturated carbocycles. The van der Waals surface area contributed by atoms with Gasteiger partial charge in [0.05, 0.1) is 7.11 Å². The summed E-state index contributed by atoms with van der Waals surface area (Å²) in [5.41, 5.74) is 1.32. The molecule has 2 rings (SSSR count). The number of piperidine rings is 1. The van der Waals surface area contributed by atoms with Crippen molar-refractivity contribution in [3.05, 3.63) is 29.8 Å². The maximum Gasteiger partial charge on any atom is 0.118 e. The van der Waals surface area contributed by atoms with E-state index in [1.165, 1.54) is 18.5 Å². The number of likely N-dealkylation sites (tertiary alicyclic amines) is 1. The molecule has 106 valence electrons. The molecule has 0 aliphatic carbocycles. The van der Waals surface area contributed by atoms with E-state index in [0.717, 1.165) is 12.3 Å². The number of ether oxygens (including phenoxy) is 1. The lowest BCUT2D eigenvalue weighted by Gasteiger charge is -2.40. The molecule has 0 amide bonds. The molecule has 1 aromatic rings. The smallest absolute Gasteiger partial charge is 0.118 e. The van der Waals surface area contributed by atoms with E-state index in [1.54, 1.807) is 7.11 Å². The van der Waals surface area contributed by atoms with Gasteiger partial charge in [0.25, 0.3) is 0 Å². The van der Waals surface area contributed by atoms with Gasteiger partial charge in [-0.25, -0.2) is 0 Å². The van der Waals surface area contributed by atoms with Crippen molar-refractivity contribution in [2.75, 3.05) is 20.7 Å². The van der Waals surface area contributed by atoms with Crippen molar-refractivity contribution in [1.82, 2.24) is 10.2 Å². The Bertz CT molecular complexity index is 390. The molecule has 0 spiro atoms. The average molecular weight is 262 g/mol. The second kappa shape index (κ2) is 6.40. The zero-order valence-electron chi connectivity index (χ0n) is 12.5. The second-order valence-corrected chi connectivity index (χ2v) is 5.84. The number of hydrogen-bond acceptors (Lipinski definition) is 3. The molecule has 1 N–H and O–H groups in total. The van der Waals surface area contributed by atoms with Crippen LogP contribution in [-0.4, -0.2) is 37.7 Å². The van der Waals surface area contributed by atoms with Crippen LogP contribution in [0.2, 0.25) is 0 Å². The largest absolute Gasteiger partial charge is 0.497 e. The highest BCUT2D eigenvalue weighted by Crippen LogP contribution is 2.21. The molecule has 3 atom stereocenters. The Morgan fingerprint density at radius 2 is 1.95 bits per heavy atom. The molecule has 1 aromatic carbocycles. The summed E-state index contributed by atoms with van der Waals surface area (Å²) in [5.74, 6) is 1.63. The first-order valence-corrected chi connectivity index (χ1v) is 7.16. The molecule has 3 heteroatoms. The maximum absolute atomic E-state index is 5.18. The third-order valence-corrected chi connectivity index (χ3v) is 4.34. The highest BCUT2D eigenvalue weighted by molar-refractivity contribution is 5.27. The fourth-order valence-corrected chi connectivity index (χ4v) is 2.82. The first kappa shape index (κ1) is 14.4. The highest BCUT2D eigenvalue weighted by atomic mass is 16.5. The summed E-state index contributed by atoms with van der Waals surface area (Å²) in [6.45, 7) is 6.78. The third kappa shape index (κ3) is 3.71. The minimum absolute atomic E-state index is 0.619. The Hall–Kier alpha value is -1.06. The topological polar surface area (TPSA) is 24.5 Å². The van der Waals surface area contributed by atoms with E-state index in [-0.39, 0.29) is 0 Å². The molecule has 3 nitrogen and oxygen atoms in total. The predicted octanol–water partition coefficient (Wildman–Crippen LogP) is 2.51. The molecule has 1 fully saturated rings. The zero-order chi connectivity index (χ0) is 13.8. The van der Waals surface area contributed by atoms with Crippen LogP contribution < -0.4 is 10.1 Å². The summed E-state index contributed by atoms with van der Waals surface area (Å²) in [6, 6.07) is 9.61. The van der Waals surface area contributed by atoms with Gasteiger partial charge >= 0.3 is 0 Å². The number of hydrogen-bond donors (Lipinski definition) is 1. The van der Waals surface area contributed by atoms with Crippen LogP contribution in [0.1, 0.15) is 25.8 Å². The number of methoxy groups -OCH3 is 1. The van der Waals surface area contributed by atoms with Gasteiger partial charge in [-0.05, 0) is 44.0 Å². The van der Waals surface area contributed by atoms with Crippen molar-refractivity contribution in [1.29, 1.82) is 0 Å². The first-order chi connectivity index (χ1) is 9.10. The monoisotopic (exact) mass is 262 g/mol. The van der Waals surface area contributed by atoms with Crippen molar-refractivity contribution in [3.63, 3.8) is 0 Å². The van der Waals surface area contributed by atoms with E-state index < -0.39 is 0 Å². The molecule has 0 radical (unpaired) electrons. The van der Waals surface area contributed by atoms with E-state index >= 15 is 0 Å². The van der Waals surface area contributed by atoms with Crippen LogP contribution in [0.4, 0.5) is 0 Å². The number of nitrogens with zero attached hydrogens (tertiary/aromatic N) is 1. The molecule has 0 aromatic heterocycles. The van der Waals surface area contributed by atoms with E-state index in [4.69, 9.17) is 4.74 Å². The van der Waals surface area contributed by atoms with Crippen molar-refractivity contribution in [2.45, 2.75) is 38.9 Å². The number of benzene rings is 1. The molecule has 1 aliphatic rings. The minimum atomic E-state index is 0.619. The van der Waals surface area contributed by atoms with E-state index in [0.29, 0.717) is 18.0 Å². The number of nitrogens with one attached hydrogen (secondary N) is 1. The molecule has 1 aliphatic heterocycles. The minimum Gasteiger partial charge on any atom is -0.497 e. The van der Waals surface area contributed by atoms with Crippen LogP contribution in [0.15, 0.2) is 24.3 Å². The van der Waals surface area contributed by atoms with Gasteiger partial charge in [-0.3, -0.25) is 0 Å². The summed E-state index contributed by atoms with van der Waals surface area (Å²) in [4.78, 5) is 2.45. The van der Waals surface area contributed by atoms with Crippen LogP contribution >= 0.6 is 0 Å². The van der Waals surface area contributed by atoms with Gasteiger partial charge in [-0.15, -0.1) is 0 Å². The van der Waals surface area contributed by atoms with Crippen molar-refractivity contribution >= 4 is 0 Å². The van der Waals surface area contributed by atoms with Gasteiger partial charge in [-0.2, -0.15) is 0 Å². The number of rotatable bonds is 4. The van der Waals surface area contributed by atoms with Crippen LogP contribution in [0, 0.1) is 5.92 Å². The van der Waals surface area contributed by atoms with Crippen LogP contribution in [0.3, 0.4) is 0 Å². The summed E-state index contributed by atoms with van der Waals surface area (Å²) in [7, 11) is 3.93. The summed E-state index contributed by atoms with van der Waals surface area (Å²) >= 11 is 0. The fourth-order valence-electron chi connectivity index (χ4n) is 2.82. The Morgan fingerprint density at radius 1 is 1.26 bits per heavy atom. The van der Waals surface area contributed by atoms with Gasteiger partial charge in [0, 0.05) is 25.2 Å². The van der Waals surface area contributed by atoms with Gasteiger partial charge in [0.1, 0.15) is 5.75 Å². The van der Waals surface area contributed by atoms with E-state index in [1.807, 2.05) is 12.1 Å². The van der Waals surface area contributed by atoms with Crippen molar-refractivity contribution in [2.24, 2.45) is 5.92 Å². The van der Waals surface area contributed by atoms with Crippen LogP contribution in [-0.2, 0) is 6.54 Å². The lowest BCUT2D eigenvalue weighted by Crippen LogP contribution is -2.50. The second-order valence-electron chi connectivity index (χ2n) is 5.84. The Kier molecular flexibility index (Phi) is 4.83. The molecule has 1 heterocycles. The Balaban J connectivity index is 1.87. The third-order valence-electron chi connectivity index (χ3n) is 4.34. The van der Waals surface area contributed by atoms with Gasteiger partial charge in [0.15, 0.2) is 0 Å². The molecular formula is C16H26N2O. The molecular weight excluding hydrogens is 236 g/mol. The van der Waals surface area contributed by atoms with Crippen molar-refractivity contribution in [3.8, 4) is 5.75 Å². The predicted molar refractivity (Wildman–Crippen MR) is 79.5 cm³/mol. The van der Waals surface area contributed by atoms with Gasteiger partial charge in [0.2, 0.25) is 0 Å². The summed E-state index contributed by atoms with van der Waals surface area (Å²) in [6.07, 6.45) is 1.23. The van der Waals surface area contributed by atoms with Crippen molar-refractivity contribution < 1.29 is 4.74 Å². The lowest BCUT2D eigenvalue weighted by atomic mass is 9.90. The lowest BCUT2D eigenvalue weighted by molar-refractivity contribution is 0.121. The molecule has 0 unspecified atom stereocenters. The van der Waals surface area contributed by atoms with Gasteiger partial charge < -0.3 is 15.0 Å². The maximum atomic E-state index is 5.18. The normalized spacial score (nSPS) is 28.3.